The second-order valence-electron chi connectivity index (χ2n) is 4.36. The summed E-state index contributed by atoms with van der Waals surface area (Å²) in [7, 11) is 0. The summed E-state index contributed by atoms with van der Waals surface area (Å²) in [5, 5.41) is 0. The Bertz CT molecular complexity index is 575. The van der Waals surface area contributed by atoms with E-state index < -0.39 is 0 Å². The van der Waals surface area contributed by atoms with Gasteiger partial charge in [0.1, 0.15) is 17.9 Å². The van der Waals surface area contributed by atoms with Crippen molar-refractivity contribution in [2.75, 3.05) is 6.61 Å². The monoisotopic (exact) mass is 287 g/mol. The second-order valence-corrected chi connectivity index (χ2v) is 4.36. The van der Waals surface area contributed by atoms with Gasteiger partial charge in [0, 0.05) is 11.8 Å². The zero-order chi connectivity index (χ0) is 15.7. The summed E-state index contributed by atoms with van der Waals surface area (Å²) in [5.74, 6) is 0.732. The van der Waals surface area contributed by atoms with E-state index in [2.05, 4.69) is 23.0 Å². The van der Waals surface area contributed by atoms with Gasteiger partial charge >= 0.3 is 0 Å². The zero-order valence-corrected chi connectivity index (χ0v) is 12.7. The number of aliphatic imine (C=N–C) groups is 1. The molecule has 0 fully saturated rings. The number of carbonyl (C=O) groups is 1. The number of rotatable bonds is 7. The van der Waals surface area contributed by atoms with E-state index in [-0.39, 0.29) is 5.82 Å². The molecule has 0 amide bonds. The minimum atomic E-state index is 0.272. The van der Waals surface area contributed by atoms with E-state index in [9.17, 15) is 4.79 Å². The minimum absolute atomic E-state index is 0.272. The van der Waals surface area contributed by atoms with Crippen LogP contribution in [0.5, 0.6) is 5.75 Å². The minimum Gasteiger partial charge on any atom is -0.488 e. The molecule has 0 saturated heterocycles. The van der Waals surface area contributed by atoms with Crippen LogP contribution in [0.4, 0.5) is 5.82 Å². The number of aryl methyl sites for hydroxylation is 1. The maximum atomic E-state index is 11.3. The van der Waals surface area contributed by atoms with Gasteiger partial charge < -0.3 is 10.5 Å². The van der Waals surface area contributed by atoms with E-state index in [1.807, 2.05) is 26.0 Å². The first-order valence-electron chi connectivity index (χ1n) is 6.81. The smallest absolute Gasteiger partial charge is 0.168 e. The number of carbonyl (C=O) groups excluding carboxylic acids is 1. The molecule has 0 saturated carbocycles. The summed E-state index contributed by atoms with van der Waals surface area (Å²) >= 11 is 0. The van der Waals surface area contributed by atoms with E-state index in [1.54, 1.807) is 6.07 Å². The molecule has 0 aliphatic rings. The molecule has 0 bridgehead atoms. The molecule has 1 heterocycles. The van der Waals surface area contributed by atoms with E-state index in [4.69, 9.17) is 10.5 Å². The van der Waals surface area contributed by atoms with Gasteiger partial charge in [0.25, 0.3) is 0 Å². The van der Waals surface area contributed by atoms with Crippen LogP contribution >= 0.6 is 0 Å². The van der Waals surface area contributed by atoms with Crippen LogP contribution in [0, 0.1) is 6.92 Å². The highest BCUT2D eigenvalue weighted by Crippen LogP contribution is 2.26. The lowest BCUT2D eigenvalue weighted by Crippen LogP contribution is -2.04. The molecular formula is C16H21N3O2. The molecular weight excluding hydrogens is 266 g/mol. The molecule has 21 heavy (non-hydrogen) atoms. The third-order valence-corrected chi connectivity index (χ3v) is 2.78. The Labute approximate surface area is 125 Å². The molecule has 0 unspecified atom stereocenters. The van der Waals surface area contributed by atoms with Crippen molar-refractivity contribution in [1.82, 2.24) is 4.98 Å². The van der Waals surface area contributed by atoms with Crippen LogP contribution in [0.25, 0.3) is 0 Å². The Kier molecular flexibility index (Phi) is 6.87. The maximum Gasteiger partial charge on any atom is 0.168 e. The van der Waals surface area contributed by atoms with Crippen LogP contribution in [-0.2, 0) is 0 Å². The molecule has 1 rings (SSSR count). The highest BCUT2D eigenvalue weighted by molar-refractivity contribution is 5.86. The second kappa shape index (κ2) is 8.68. The van der Waals surface area contributed by atoms with Crippen LogP contribution < -0.4 is 10.5 Å². The first-order valence-corrected chi connectivity index (χ1v) is 6.81. The largest absolute Gasteiger partial charge is 0.488 e. The van der Waals surface area contributed by atoms with Crippen molar-refractivity contribution in [2.45, 2.75) is 27.2 Å². The van der Waals surface area contributed by atoms with E-state index in [0.29, 0.717) is 29.9 Å². The van der Waals surface area contributed by atoms with Gasteiger partial charge in [-0.2, -0.15) is 0 Å². The first kappa shape index (κ1) is 16.6. The van der Waals surface area contributed by atoms with E-state index in [1.165, 1.54) is 0 Å². The third-order valence-electron chi connectivity index (χ3n) is 2.78. The van der Waals surface area contributed by atoms with Gasteiger partial charge in [-0.1, -0.05) is 25.2 Å². The van der Waals surface area contributed by atoms with Gasteiger partial charge in [0.2, 0.25) is 0 Å². The summed E-state index contributed by atoms with van der Waals surface area (Å²) in [5.41, 5.74) is 7.32. The van der Waals surface area contributed by atoms with E-state index in [0.717, 1.165) is 18.3 Å². The summed E-state index contributed by atoms with van der Waals surface area (Å²) < 4.78 is 5.74. The fraction of sp³-hybridized carbons (Fsp3) is 0.312. The molecule has 0 aliphatic heterocycles. The number of nitrogens with two attached hydrogens (primary N) is 1. The van der Waals surface area contributed by atoms with Crippen LogP contribution in [0.3, 0.4) is 0 Å². The standard InChI is InChI=1S/C16H21N3O2/c1-4-6-7-13(5-2)10-21-15-8-12(3)19-16(18-11-17)14(15)9-20/h5-9,11H,4,10H2,1-3H3,(H2,17,18,19)/b7-6-,13-5+. The molecule has 0 aliphatic carbocycles. The van der Waals surface area contributed by atoms with Crippen molar-refractivity contribution in [2.24, 2.45) is 10.7 Å². The molecule has 5 heteroatoms. The first-order chi connectivity index (χ1) is 10.2. The molecule has 5 nitrogen and oxygen atoms in total. The van der Waals surface area contributed by atoms with E-state index >= 15 is 0 Å². The van der Waals surface area contributed by atoms with Crippen molar-refractivity contribution in [1.29, 1.82) is 0 Å². The predicted octanol–water partition coefficient (Wildman–Crippen LogP) is 3.11. The van der Waals surface area contributed by atoms with Gasteiger partial charge in [-0.05, 0) is 25.8 Å². The number of aldehydes is 1. The van der Waals surface area contributed by atoms with Crippen molar-refractivity contribution < 1.29 is 9.53 Å². The lowest BCUT2D eigenvalue weighted by atomic mass is 10.2. The van der Waals surface area contributed by atoms with Crippen molar-refractivity contribution in [3.8, 4) is 5.75 Å². The number of hydrogen-bond acceptors (Lipinski definition) is 4. The summed E-state index contributed by atoms with van der Waals surface area (Å²) in [6.45, 7) is 6.20. The van der Waals surface area contributed by atoms with Crippen LogP contribution in [0.15, 0.2) is 34.9 Å². The Hall–Kier alpha value is -2.43. The number of allylic oxidation sites excluding steroid dienone is 2. The highest BCUT2D eigenvalue weighted by Gasteiger charge is 2.11. The highest BCUT2D eigenvalue weighted by atomic mass is 16.5. The molecule has 0 atom stereocenters. The van der Waals surface area contributed by atoms with Crippen LogP contribution in [0.1, 0.15) is 36.3 Å². The van der Waals surface area contributed by atoms with Crippen molar-refractivity contribution >= 4 is 18.4 Å². The normalized spacial score (nSPS) is 12.2. The van der Waals surface area contributed by atoms with Gasteiger partial charge in [-0.25, -0.2) is 9.98 Å². The maximum absolute atomic E-state index is 11.3. The quantitative estimate of drug-likeness (QED) is 0.362. The Morgan fingerprint density at radius 3 is 2.86 bits per heavy atom. The summed E-state index contributed by atoms with van der Waals surface area (Å²) in [4.78, 5) is 19.3. The van der Waals surface area contributed by atoms with Crippen molar-refractivity contribution in [3.05, 3.63) is 41.1 Å². The topological polar surface area (TPSA) is 77.6 Å². The van der Waals surface area contributed by atoms with Gasteiger partial charge in [0.15, 0.2) is 12.1 Å². The Balaban J connectivity index is 3.02. The van der Waals surface area contributed by atoms with Gasteiger partial charge in [0.05, 0.1) is 6.34 Å². The molecule has 0 radical (unpaired) electrons. The molecule has 2 N–H and O–H groups in total. The number of nitrogens with zero attached hydrogens (tertiary/aromatic N) is 2. The lowest BCUT2D eigenvalue weighted by Gasteiger charge is -2.11. The average molecular weight is 287 g/mol. The molecule has 0 spiro atoms. The summed E-state index contributed by atoms with van der Waals surface area (Å²) in [6, 6.07) is 1.72. The van der Waals surface area contributed by atoms with Gasteiger partial charge in [-0.3, -0.25) is 4.79 Å². The molecule has 1 aromatic heterocycles. The molecule has 1 aromatic rings. The number of pyridine rings is 1. The van der Waals surface area contributed by atoms with Crippen molar-refractivity contribution in [3.63, 3.8) is 0 Å². The molecule has 0 aromatic carbocycles. The fourth-order valence-electron chi connectivity index (χ4n) is 1.69. The van der Waals surface area contributed by atoms with Crippen LogP contribution in [-0.4, -0.2) is 24.2 Å². The zero-order valence-electron chi connectivity index (χ0n) is 12.7. The van der Waals surface area contributed by atoms with Crippen LogP contribution in [0.2, 0.25) is 0 Å². The third kappa shape index (κ3) is 4.87. The number of ether oxygens (including phenoxy) is 1. The molecule has 112 valence electrons. The van der Waals surface area contributed by atoms with Gasteiger partial charge in [-0.15, -0.1) is 0 Å². The average Bonchev–Trinajstić information content (AvgIpc) is 2.47. The summed E-state index contributed by atoms with van der Waals surface area (Å²) in [6.07, 6.45) is 8.79. The Morgan fingerprint density at radius 1 is 1.52 bits per heavy atom. The SMILES string of the molecule is C/C=C(\C=C/CC)COc1cc(C)nc(N=CN)c1C=O. The number of hydrogen-bond donors (Lipinski definition) is 1. The predicted molar refractivity (Wildman–Crippen MR) is 85.4 cm³/mol. The lowest BCUT2D eigenvalue weighted by molar-refractivity contribution is 0.112. The fourth-order valence-corrected chi connectivity index (χ4v) is 1.69. The Morgan fingerprint density at radius 2 is 2.29 bits per heavy atom. The number of aromatic nitrogens is 1.